The molecular weight excluding hydrogens is 282 g/mol. The van der Waals surface area contributed by atoms with E-state index in [1.165, 1.54) is 0 Å². The number of Topliss-reactive ketones (excluding diaryl/α,β-unsaturated/α-hetero) is 1. The van der Waals surface area contributed by atoms with Crippen LogP contribution in [0.2, 0.25) is 0 Å². The molecule has 0 spiro atoms. The second-order valence-electron chi connectivity index (χ2n) is 4.23. The Kier molecular flexibility index (Phi) is 3.59. The summed E-state index contributed by atoms with van der Waals surface area (Å²) in [5.41, 5.74) is 1.47. The van der Waals surface area contributed by atoms with E-state index >= 15 is 0 Å². The van der Waals surface area contributed by atoms with Crippen LogP contribution >= 0.6 is 15.9 Å². The zero-order valence-electron chi connectivity index (χ0n) is 9.83. The van der Waals surface area contributed by atoms with Gasteiger partial charge in [0.25, 0.3) is 0 Å². The van der Waals surface area contributed by atoms with E-state index in [2.05, 4.69) is 25.9 Å². The summed E-state index contributed by atoms with van der Waals surface area (Å²) in [4.78, 5) is 21.3. The summed E-state index contributed by atoms with van der Waals surface area (Å²) in [5, 5.41) is 0.878. The minimum atomic E-state index is 0.143. The van der Waals surface area contributed by atoms with Crippen molar-refractivity contribution in [1.82, 2.24) is 14.9 Å². The summed E-state index contributed by atoms with van der Waals surface area (Å²) in [5.74, 6) is 0.143. The van der Waals surface area contributed by atoms with Crippen molar-refractivity contribution in [2.75, 3.05) is 20.6 Å². The van der Waals surface area contributed by atoms with Crippen LogP contribution in [0, 0.1) is 0 Å². The van der Waals surface area contributed by atoms with Crippen molar-refractivity contribution >= 4 is 32.7 Å². The fraction of sp³-hybridized carbons (Fsp3) is 0.333. The summed E-state index contributed by atoms with van der Waals surface area (Å²) in [6.45, 7) is 0.757. The maximum absolute atomic E-state index is 12.0. The lowest BCUT2D eigenvalue weighted by Gasteiger charge is -2.07. The van der Waals surface area contributed by atoms with Gasteiger partial charge in [0.2, 0.25) is 0 Å². The molecule has 90 valence electrons. The standard InChI is InChI=1S/C12H14BrN3O/c1-16(2)4-3-11(17)10-7-15-12-9(10)5-8(13)6-14-12/h5-7H,3-4H2,1-2H3,(H,14,15). The number of carbonyl (C=O) groups excluding carboxylic acids is 1. The van der Waals surface area contributed by atoms with Gasteiger partial charge in [-0.05, 0) is 36.1 Å². The van der Waals surface area contributed by atoms with Crippen LogP contribution in [0.5, 0.6) is 0 Å². The molecule has 2 rings (SSSR count). The first kappa shape index (κ1) is 12.3. The number of aromatic nitrogens is 2. The van der Waals surface area contributed by atoms with Crippen molar-refractivity contribution in [3.8, 4) is 0 Å². The molecule has 0 bridgehead atoms. The number of rotatable bonds is 4. The zero-order valence-corrected chi connectivity index (χ0v) is 11.4. The number of hydrogen-bond acceptors (Lipinski definition) is 3. The number of hydrogen-bond donors (Lipinski definition) is 1. The van der Waals surface area contributed by atoms with Gasteiger partial charge >= 0.3 is 0 Å². The molecule has 4 nitrogen and oxygen atoms in total. The molecule has 0 aliphatic carbocycles. The summed E-state index contributed by atoms with van der Waals surface area (Å²) in [6.07, 6.45) is 3.97. The summed E-state index contributed by atoms with van der Waals surface area (Å²) < 4.78 is 0.881. The van der Waals surface area contributed by atoms with Gasteiger partial charge in [-0.2, -0.15) is 0 Å². The SMILES string of the molecule is CN(C)CCC(=O)c1c[nH]c2ncc(Br)cc12. The first-order valence-electron chi connectivity index (χ1n) is 5.38. The van der Waals surface area contributed by atoms with Gasteiger partial charge in [0.1, 0.15) is 5.65 Å². The minimum Gasteiger partial charge on any atom is -0.345 e. The highest BCUT2D eigenvalue weighted by atomic mass is 79.9. The lowest BCUT2D eigenvalue weighted by atomic mass is 10.1. The average Bonchev–Trinajstić information content (AvgIpc) is 2.68. The number of aromatic amines is 1. The van der Waals surface area contributed by atoms with Crippen LogP contribution in [0.1, 0.15) is 16.8 Å². The lowest BCUT2D eigenvalue weighted by molar-refractivity contribution is 0.0974. The number of nitrogens with one attached hydrogen (secondary N) is 1. The van der Waals surface area contributed by atoms with Crippen LogP contribution in [0.15, 0.2) is 22.9 Å². The van der Waals surface area contributed by atoms with Gasteiger partial charge in [-0.3, -0.25) is 4.79 Å². The van der Waals surface area contributed by atoms with Gasteiger partial charge in [-0.1, -0.05) is 0 Å². The van der Waals surface area contributed by atoms with Crippen LogP contribution < -0.4 is 0 Å². The Bertz CT molecular complexity index is 548. The van der Waals surface area contributed by atoms with Crippen LogP contribution in [0.25, 0.3) is 11.0 Å². The number of fused-ring (bicyclic) bond motifs is 1. The van der Waals surface area contributed by atoms with Crippen LogP contribution in [0.4, 0.5) is 0 Å². The van der Waals surface area contributed by atoms with E-state index in [0.29, 0.717) is 6.42 Å². The zero-order chi connectivity index (χ0) is 12.4. The molecule has 0 amide bonds. The largest absolute Gasteiger partial charge is 0.345 e. The normalized spacial score (nSPS) is 11.3. The molecule has 2 aromatic rings. The molecule has 0 saturated heterocycles. The van der Waals surface area contributed by atoms with Crippen molar-refractivity contribution in [3.05, 3.63) is 28.5 Å². The van der Waals surface area contributed by atoms with Gasteiger partial charge < -0.3 is 9.88 Å². The summed E-state index contributed by atoms with van der Waals surface area (Å²) in [6, 6.07) is 1.92. The first-order chi connectivity index (χ1) is 8.08. The Morgan fingerprint density at radius 2 is 2.29 bits per heavy atom. The fourth-order valence-corrected chi connectivity index (χ4v) is 2.00. The second-order valence-corrected chi connectivity index (χ2v) is 5.14. The molecule has 0 unspecified atom stereocenters. The van der Waals surface area contributed by atoms with Crippen molar-refractivity contribution in [1.29, 1.82) is 0 Å². The third-order valence-corrected chi connectivity index (χ3v) is 3.02. The number of carbonyl (C=O) groups is 1. The molecule has 17 heavy (non-hydrogen) atoms. The van der Waals surface area contributed by atoms with Crippen molar-refractivity contribution in [3.63, 3.8) is 0 Å². The molecule has 0 aromatic carbocycles. The second kappa shape index (κ2) is 4.98. The van der Waals surface area contributed by atoms with Gasteiger partial charge in [0.05, 0.1) is 0 Å². The quantitative estimate of drug-likeness (QED) is 0.882. The topological polar surface area (TPSA) is 49.0 Å². The van der Waals surface area contributed by atoms with E-state index < -0.39 is 0 Å². The molecule has 0 radical (unpaired) electrons. The van der Waals surface area contributed by atoms with Crippen molar-refractivity contribution < 1.29 is 4.79 Å². The predicted octanol–water partition coefficient (Wildman–Crippen LogP) is 2.46. The van der Waals surface area contributed by atoms with Gasteiger partial charge in [0.15, 0.2) is 5.78 Å². The molecule has 0 aliphatic rings. The highest BCUT2D eigenvalue weighted by Crippen LogP contribution is 2.21. The number of ketones is 1. The maximum atomic E-state index is 12.0. The van der Waals surface area contributed by atoms with E-state index in [9.17, 15) is 4.79 Å². The van der Waals surface area contributed by atoms with E-state index in [-0.39, 0.29) is 5.78 Å². The van der Waals surface area contributed by atoms with E-state index in [1.54, 1.807) is 12.4 Å². The van der Waals surface area contributed by atoms with Crippen LogP contribution in [0.3, 0.4) is 0 Å². The van der Waals surface area contributed by atoms with Crippen LogP contribution in [-0.2, 0) is 0 Å². The highest BCUT2D eigenvalue weighted by Gasteiger charge is 2.12. The molecule has 0 saturated carbocycles. The molecule has 0 aliphatic heterocycles. The first-order valence-corrected chi connectivity index (χ1v) is 6.18. The van der Waals surface area contributed by atoms with Crippen molar-refractivity contribution in [2.24, 2.45) is 0 Å². The van der Waals surface area contributed by atoms with E-state index in [1.807, 2.05) is 25.1 Å². The van der Waals surface area contributed by atoms with E-state index in [0.717, 1.165) is 27.6 Å². The predicted molar refractivity (Wildman–Crippen MR) is 71.3 cm³/mol. The van der Waals surface area contributed by atoms with Gasteiger partial charge in [-0.25, -0.2) is 4.98 Å². The van der Waals surface area contributed by atoms with Gasteiger partial charge in [0, 0.05) is 40.8 Å². The molecule has 0 fully saturated rings. The molecule has 2 heterocycles. The smallest absolute Gasteiger partial charge is 0.166 e. The Hall–Kier alpha value is -1.20. The minimum absolute atomic E-state index is 0.143. The molecule has 0 atom stereocenters. The number of H-pyrrole nitrogens is 1. The van der Waals surface area contributed by atoms with Gasteiger partial charge in [-0.15, -0.1) is 0 Å². The number of halogens is 1. The highest BCUT2D eigenvalue weighted by molar-refractivity contribution is 9.10. The van der Waals surface area contributed by atoms with Crippen LogP contribution in [-0.4, -0.2) is 41.3 Å². The molecule has 1 N–H and O–H groups in total. The number of nitrogens with zero attached hydrogens (tertiary/aromatic N) is 2. The maximum Gasteiger partial charge on any atom is 0.166 e. The third kappa shape index (κ3) is 2.73. The monoisotopic (exact) mass is 295 g/mol. The van der Waals surface area contributed by atoms with Crippen molar-refractivity contribution in [2.45, 2.75) is 6.42 Å². The Balaban J connectivity index is 2.29. The molecular formula is C12H14BrN3O. The molecule has 5 heteroatoms. The Morgan fingerprint density at radius 1 is 1.53 bits per heavy atom. The fourth-order valence-electron chi connectivity index (χ4n) is 1.67. The van der Waals surface area contributed by atoms with E-state index in [4.69, 9.17) is 0 Å². The Morgan fingerprint density at radius 3 is 3.00 bits per heavy atom. The average molecular weight is 296 g/mol. The molecule has 2 aromatic heterocycles. The Labute approximate surface area is 108 Å². The summed E-state index contributed by atoms with van der Waals surface area (Å²) in [7, 11) is 3.92. The lowest BCUT2D eigenvalue weighted by Crippen LogP contribution is -2.16. The summed E-state index contributed by atoms with van der Waals surface area (Å²) >= 11 is 3.37. The number of pyridine rings is 1. The third-order valence-electron chi connectivity index (χ3n) is 2.58.